The molecule has 6 heteroatoms. The minimum Gasteiger partial charge on any atom is -0.494 e. The highest BCUT2D eigenvalue weighted by atomic mass is 16.5. The SMILES string of the molecule is CCCn1nnnc1NCc1ccc(OCC)cc1. The third-order valence-electron chi connectivity index (χ3n) is 2.65. The molecule has 0 saturated carbocycles. The quantitative estimate of drug-likeness (QED) is 0.826. The van der Waals surface area contributed by atoms with Crippen molar-refractivity contribution >= 4 is 5.95 Å². The highest BCUT2D eigenvalue weighted by Gasteiger charge is 2.04. The average molecular weight is 261 g/mol. The van der Waals surface area contributed by atoms with Gasteiger partial charge in [0.1, 0.15) is 5.75 Å². The maximum absolute atomic E-state index is 5.41. The first kappa shape index (κ1) is 13.3. The Balaban J connectivity index is 1.92. The number of hydrogen-bond donors (Lipinski definition) is 1. The van der Waals surface area contributed by atoms with Crippen molar-refractivity contribution in [2.75, 3.05) is 11.9 Å². The second-order valence-electron chi connectivity index (χ2n) is 4.16. The summed E-state index contributed by atoms with van der Waals surface area (Å²) in [6, 6.07) is 8.00. The molecule has 19 heavy (non-hydrogen) atoms. The molecule has 0 saturated heterocycles. The topological polar surface area (TPSA) is 64.9 Å². The number of tetrazole rings is 1. The Morgan fingerprint density at radius 2 is 2.00 bits per heavy atom. The van der Waals surface area contributed by atoms with Gasteiger partial charge in [-0.15, -0.1) is 0 Å². The predicted octanol–water partition coefficient (Wildman–Crippen LogP) is 2.09. The molecule has 1 N–H and O–H groups in total. The van der Waals surface area contributed by atoms with Crippen LogP contribution in [0.15, 0.2) is 24.3 Å². The number of nitrogens with one attached hydrogen (secondary N) is 1. The number of benzene rings is 1. The summed E-state index contributed by atoms with van der Waals surface area (Å²) in [6.07, 6.45) is 1.00. The van der Waals surface area contributed by atoms with Gasteiger partial charge in [-0.2, -0.15) is 0 Å². The maximum atomic E-state index is 5.41. The van der Waals surface area contributed by atoms with Gasteiger partial charge in [0.05, 0.1) is 6.61 Å². The van der Waals surface area contributed by atoms with E-state index in [0.29, 0.717) is 19.1 Å². The average Bonchev–Trinajstić information content (AvgIpc) is 2.86. The first-order valence-corrected chi connectivity index (χ1v) is 6.55. The van der Waals surface area contributed by atoms with Gasteiger partial charge in [-0.05, 0) is 41.5 Å². The number of hydrogen-bond acceptors (Lipinski definition) is 5. The highest BCUT2D eigenvalue weighted by Crippen LogP contribution is 2.13. The van der Waals surface area contributed by atoms with Gasteiger partial charge in [0.25, 0.3) is 0 Å². The lowest BCUT2D eigenvalue weighted by molar-refractivity contribution is 0.340. The number of aromatic nitrogens is 4. The van der Waals surface area contributed by atoms with Crippen LogP contribution >= 0.6 is 0 Å². The molecule has 2 aromatic rings. The van der Waals surface area contributed by atoms with E-state index in [9.17, 15) is 0 Å². The van der Waals surface area contributed by atoms with E-state index in [1.54, 1.807) is 4.68 Å². The first-order chi connectivity index (χ1) is 9.33. The van der Waals surface area contributed by atoms with Gasteiger partial charge in [0.15, 0.2) is 0 Å². The summed E-state index contributed by atoms with van der Waals surface area (Å²) in [5.74, 6) is 1.60. The third kappa shape index (κ3) is 3.67. The Labute approximate surface area is 112 Å². The fourth-order valence-corrected chi connectivity index (χ4v) is 1.74. The third-order valence-corrected chi connectivity index (χ3v) is 2.65. The van der Waals surface area contributed by atoms with Crippen molar-refractivity contribution in [1.29, 1.82) is 0 Å². The van der Waals surface area contributed by atoms with Crippen molar-refractivity contribution in [3.63, 3.8) is 0 Å². The molecule has 1 aromatic carbocycles. The van der Waals surface area contributed by atoms with Gasteiger partial charge in [0, 0.05) is 13.1 Å². The number of rotatable bonds is 7. The summed E-state index contributed by atoms with van der Waals surface area (Å²) in [4.78, 5) is 0. The summed E-state index contributed by atoms with van der Waals surface area (Å²) in [6.45, 7) is 6.26. The fraction of sp³-hybridized carbons (Fsp3) is 0.462. The van der Waals surface area contributed by atoms with E-state index in [2.05, 4.69) is 27.8 Å². The number of anilines is 1. The second kappa shape index (κ2) is 6.72. The van der Waals surface area contributed by atoms with Crippen LogP contribution in [0.25, 0.3) is 0 Å². The zero-order valence-electron chi connectivity index (χ0n) is 11.3. The first-order valence-electron chi connectivity index (χ1n) is 6.55. The largest absolute Gasteiger partial charge is 0.494 e. The minimum atomic E-state index is 0.684. The predicted molar refractivity (Wildman–Crippen MR) is 73.0 cm³/mol. The van der Waals surface area contributed by atoms with E-state index in [1.807, 2.05) is 31.2 Å². The highest BCUT2D eigenvalue weighted by molar-refractivity contribution is 5.30. The molecular weight excluding hydrogens is 242 g/mol. The Hall–Kier alpha value is -2.11. The second-order valence-corrected chi connectivity index (χ2v) is 4.16. The van der Waals surface area contributed by atoms with Crippen LogP contribution < -0.4 is 10.1 Å². The van der Waals surface area contributed by atoms with Crippen LogP contribution in [-0.2, 0) is 13.1 Å². The van der Waals surface area contributed by atoms with E-state index in [-0.39, 0.29) is 0 Å². The molecule has 0 atom stereocenters. The summed E-state index contributed by atoms with van der Waals surface area (Å²) in [5.41, 5.74) is 1.16. The molecule has 2 rings (SSSR count). The number of aryl methyl sites for hydroxylation is 1. The van der Waals surface area contributed by atoms with Crippen molar-refractivity contribution < 1.29 is 4.74 Å². The van der Waals surface area contributed by atoms with E-state index < -0.39 is 0 Å². The summed E-state index contributed by atoms with van der Waals surface area (Å²) in [5, 5.41) is 14.8. The van der Waals surface area contributed by atoms with E-state index >= 15 is 0 Å². The van der Waals surface area contributed by atoms with Crippen molar-refractivity contribution in [2.45, 2.75) is 33.4 Å². The smallest absolute Gasteiger partial charge is 0.243 e. The lowest BCUT2D eigenvalue weighted by Gasteiger charge is -2.07. The Morgan fingerprint density at radius 1 is 1.21 bits per heavy atom. The molecule has 0 spiro atoms. The standard InChI is InChI=1S/C13H19N5O/c1-3-9-18-13(15-16-17-18)14-10-11-5-7-12(8-6-11)19-4-2/h5-8H,3-4,9-10H2,1-2H3,(H,14,15,17). The zero-order chi connectivity index (χ0) is 13.5. The summed E-state index contributed by atoms with van der Waals surface area (Å²) >= 11 is 0. The van der Waals surface area contributed by atoms with Crippen molar-refractivity contribution in [2.24, 2.45) is 0 Å². The Kier molecular flexibility index (Phi) is 4.72. The molecule has 0 radical (unpaired) electrons. The van der Waals surface area contributed by atoms with Crippen LogP contribution in [0.5, 0.6) is 5.75 Å². The Morgan fingerprint density at radius 3 is 2.68 bits per heavy atom. The summed E-state index contributed by atoms with van der Waals surface area (Å²) < 4.78 is 7.18. The molecule has 6 nitrogen and oxygen atoms in total. The molecule has 1 aromatic heterocycles. The van der Waals surface area contributed by atoms with E-state index in [0.717, 1.165) is 24.3 Å². The van der Waals surface area contributed by atoms with Crippen molar-refractivity contribution in [3.05, 3.63) is 29.8 Å². The van der Waals surface area contributed by atoms with E-state index in [4.69, 9.17) is 4.74 Å². The lowest BCUT2D eigenvalue weighted by Crippen LogP contribution is -2.08. The maximum Gasteiger partial charge on any atom is 0.243 e. The van der Waals surface area contributed by atoms with Crippen LogP contribution in [0.1, 0.15) is 25.8 Å². The van der Waals surface area contributed by atoms with Gasteiger partial charge in [-0.25, -0.2) is 4.68 Å². The van der Waals surface area contributed by atoms with Crippen LogP contribution in [0.3, 0.4) is 0 Å². The van der Waals surface area contributed by atoms with Gasteiger partial charge < -0.3 is 10.1 Å². The molecule has 0 fully saturated rings. The van der Waals surface area contributed by atoms with Crippen LogP contribution in [0.4, 0.5) is 5.95 Å². The zero-order valence-corrected chi connectivity index (χ0v) is 11.3. The lowest BCUT2D eigenvalue weighted by atomic mass is 10.2. The van der Waals surface area contributed by atoms with Crippen LogP contribution in [0, 0.1) is 0 Å². The molecule has 102 valence electrons. The monoisotopic (exact) mass is 261 g/mol. The van der Waals surface area contributed by atoms with E-state index in [1.165, 1.54) is 0 Å². The normalized spacial score (nSPS) is 10.4. The molecule has 0 aliphatic heterocycles. The molecule has 0 aliphatic carbocycles. The number of nitrogens with zero attached hydrogens (tertiary/aromatic N) is 4. The fourth-order valence-electron chi connectivity index (χ4n) is 1.74. The van der Waals surface area contributed by atoms with Crippen LogP contribution in [-0.4, -0.2) is 26.8 Å². The van der Waals surface area contributed by atoms with Gasteiger partial charge in [-0.3, -0.25) is 0 Å². The van der Waals surface area contributed by atoms with Crippen molar-refractivity contribution in [1.82, 2.24) is 20.2 Å². The van der Waals surface area contributed by atoms with Gasteiger partial charge in [-0.1, -0.05) is 24.2 Å². The number of ether oxygens (including phenoxy) is 1. The molecule has 0 bridgehead atoms. The summed E-state index contributed by atoms with van der Waals surface area (Å²) in [7, 11) is 0. The molecule has 0 aliphatic rings. The van der Waals surface area contributed by atoms with Gasteiger partial charge >= 0.3 is 0 Å². The molecule has 0 amide bonds. The van der Waals surface area contributed by atoms with Gasteiger partial charge in [0.2, 0.25) is 5.95 Å². The van der Waals surface area contributed by atoms with Crippen LogP contribution in [0.2, 0.25) is 0 Å². The molecule has 1 heterocycles. The minimum absolute atomic E-state index is 0.684. The molecule has 0 unspecified atom stereocenters. The Bertz CT molecular complexity index is 494. The molecular formula is C13H19N5O. The van der Waals surface area contributed by atoms with Crippen molar-refractivity contribution in [3.8, 4) is 5.75 Å².